The second-order valence-electron chi connectivity index (χ2n) is 7.30. The molecule has 0 saturated heterocycles. The molecule has 1 aliphatic rings. The molecule has 4 aromatic rings. The summed E-state index contributed by atoms with van der Waals surface area (Å²) in [6.45, 7) is 2.06. The molecule has 1 saturated carbocycles. The highest BCUT2D eigenvalue weighted by molar-refractivity contribution is 5.57. The second kappa shape index (κ2) is 7.50. The van der Waals surface area contributed by atoms with E-state index in [4.69, 9.17) is 0 Å². The normalized spacial score (nSPS) is 15.6. The van der Waals surface area contributed by atoms with Gasteiger partial charge in [0.05, 0.1) is 6.20 Å². The van der Waals surface area contributed by atoms with Crippen LogP contribution in [0.25, 0.3) is 22.8 Å². The van der Waals surface area contributed by atoms with Gasteiger partial charge < -0.3 is 4.57 Å². The summed E-state index contributed by atoms with van der Waals surface area (Å²) in [6, 6.07) is 6.08. The molecule has 146 valence electrons. The number of hydrogen-bond donors (Lipinski definition) is 0. The van der Waals surface area contributed by atoms with Crippen LogP contribution in [0.4, 0.5) is 0 Å². The van der Waals surface area contributed by atoms with Crippen molar-refractivity contribution in [2.45, 2.75) is 44.7 Å². The first kappa shape index (κ1) is 17.6. The topological polar surface area (TPSA) is 100 Å². The summed E-state index contributed by atoms with van der Waals surface area (Å²) in [7, 11) is 0. The zero-order valence-electron chi connectivity index (χ0n) is 16.1. The van der Waals surface area contributed by atoms with E-state index in [2.05, 4.69) is 47.0 Å². The van der Waals surface area contributed by atoms with Gasteiger partial charge in [0, 0.05) is 30.2 Å². The molecule has 29 heavy (non-hydrogen) atoms. The van der Waals surface area contributed by atoms with Crippen LogP contribution < -0.4 is 0 Å². The van der Waals surface area contributed by atoms with E-state index < -0.39 is 0 Å². The third-order valence-electron chi connectivity index (χ3n) is 5.44. The molecule has 0 radical (unpaired) electrons. The smallest absolute Gasteiger partial charge is 0.178 e. The number of pyridine rings is 1. The molecule has 1 aliphatic carbocycles. The molecule has 5 rings (SSSR count). The Bertz CT molecular complexity index is 1080. The van der Waals surface area contributed by atoms with Crippen molar-refractivity contribution in [3.8, 4) is 22.8 Å². The predicted molar refractivity (Wildman–Crippen MR) is 106 cm³/mol. The monoisotopic (exact) mass is 387 g/mol. The Morgan fingerprint density at radius 1 is 1.00 bits per heavy atom. The van der Waals surface area contributed by atoms with Crippen LogP contribution in [-0.2, 0) is 0 Å². The van der Waals surface area contributed by atoms with E-state index in [9.17, 15) is 0 Å². The fourth-order valence-electron chi connectivity index (χ4n) is 3.82. The largest absolute Gasteiger partial charge is 0.313 e. The van der Waals surface area contributed by atoms with Gasteiger partial charge in [-0.2, -0.15) is 0 Å². The van der Waals surface area contributed by atoms with Crippen LogP contribution in [0.1, 0.15) is 50.5 Å². The summed E-state index contributed by atoms with van der Waals surface area (Å²) in [5.74, 6) is 1.50. The van der Waals surface area contributed by atoms with Gasteiger partial charge in [-0.1, -0.05) is 24.1 Å². The number of hydrogen-bond acceptors (Lipinski definition) is 7. The number of nitrogens with zero attached hydrogens (tertiary/aromatic N) is 9. The molecule has 0 spiro atoms. The molecule has 0 unspecified atom stereocenters. The summed E-state index contributed by atoms with van der Waals surface area (Å²) >= 11 is 0. The van der Waals surface area contributed by atoms with Gasteiger partial charge in [-0.05, 0) is 31.9 Å². The Hall–Kier alpha value is -3.49. The van der Waals surface area contributed by atoms with Gasteiger partial charge >= 0.3 is 0 Å². The minimum absolute atomic E-state index is 0.0620. The SMILES string of the molecule is C[C@H](c1nncn1C1CCCC1)n1cc(-c2cnc(-c3ccccn3)nc2)nn1. The van der Waals surface area contributed by atoms with E-state index in [1.54, 1.807) is 18.6 Å². The highest BCUT2D eigenvalue weighted by Gasteiger charge is 2.24. The molecular weight excluding hydrogens is 366 g/mol. The fourth-order valence-corrected chi connectivity index (χ4v) is 3.82. The van der Waals surface area contributed by atoms with Crippen LogP contribution >= 0.6 is 0 Å². The Balaban J connectivity index is 1.38. The lowest BCUT2D eigenvalue weighted by molar-refractivity contribution is 0.441. The van der Waals surface area contributed by atoms with Gasteiger partial charge in [0.25, 0.3) is 0 Å². The van der Waals surface area contributed by atoms with E-state index >= 15 is 0 Å². The lowest BCUT2D eigenvalue weighted by Gasteiger charge is -2.17. The van der Waals surface area contributed by atoms with E-state index in [0.29, 0.717) is 11.9 Å². The molecule has 1 atom stereocenters. The number of rotatable bonds is 5. The van der Waals surface area contributed by atoms with Gasteiger partial charge in [0.15, 0.2) is 11.6 Å². The first-order chi connectivity index (χ1) is 14.3. The van der Waals surface area contributed by atoms with Crippen LogP contribution in [0.3, 0.4) is 0 Å². The molecule has 9 nitrogen and oxygen atoms in total. The third-order valence-corrected chi connectivity index (χ3v) is 5.44. The first-order valence-electron chi connectivity index (χ1n) is 9.84. The Labute approximate surface area is 167 Å². The van der Waals surface area contributed by atoms with E-state index in [1.807, 2.05) is 35.4 Å². The van der Waals surface area contributed by atoms with Crippen molar-refractivity contribution in [1.29, 1.82) is 0 Å². The summed E-state index contributed by atoms with van der Waals surface area (Å²) in [4.78, 5) is 13.1. The third kappa shape index (κ3) is 3.39. The zero-order valence-corrected chi connectivity index (χ0v) is 16.1. The summed E-state index contributed by atoms with van der Waals surface area (Å²) in [6.07, 6.45) is 13.8. The summed E-state index contributed by atoms with van der Waals surface area (Å²) in [5, 5.41) is 17.1. The van der Waals surface area contributed by atoms with Crippen molar-refractivity contribution in [1.82, 2.24) is 44.7 Å². The van der Waals surface area contributed by atoms with Crippen LogP contribution in [0.2, 0.25) is 0 Å². The summed E-state index contributed by atoms with van der Waals surface area (Å²) in [5.41, 5.74) is 2.26. The van der Waals surface area contributed by atoms with Crippen molar-refractivity contribution >= 4 is 0 Å². The molecule has 0 amide bonds. The molecule has 4 aromatic heterocycles. The molecule has 0 aromatic carbocycles. The maximum absolute atomic E-state index is 4.42. The summed E-state index contributed by atoms with van der Waals surface area (Å²) < 4.78 is 4.02. The van der Waals surface area contributed by atoms with Crippen molar-refractivity contribution in [2.75, 3.05) is 0 Å². The lowest BCUT2D eigenvalue weighted by Crippen LogP contribution is -2.16. The Morgan fingerprint density at radius 2 is 1.83 bits per heavy atom. The van der Waals surface area contributed by atoms with Gasteiger partial charge in [-0.3, -0.25) is 4.98 Å². The standard InChI is InChI=1S/C20H21N9/c1-14(20-26-24-13-28(20)16-6-2-3-7-16)29-12-18(25-27-29)15-10-22-19(23-11-15)17-8-4-5-9-21-17/h4-5,8-14,16H,2-3,6-7H2,1H3/t14-/m1/s1. The van der Waals surface area contributed by atoms with Gasteiger partial charge in [0.2, 0.25) is 0 Å². The van der Waals surface area contributed by atoms with Crippen LogP contribution in [-0.4, -0.2) is 44.7 Å². The minimum atomic E-state index is -0.0620. The second-order valence-corrected chi connectivity index (χ2v) is 7.30. The van der Waals surface area contributed by atoms with E-state index in [0.717, 1.165) is 22.8 Å². The minimum Gasteiger partial charge on any atom is -0.313 e. The van der Waals surface area contributed by atoms with Crippen LogP contribution in [0.15, 0.2) is 49.3 Å². The molecule has 1 fully saturated rings. The van der Waals surface area contributed by atoms with Crippen LogP contribution in [0.5, 0.6) is 0 Å². The van der Waals surface area contributed by atoms with Crippen molar-refractivity contribution in [3.63, 3.8) is 0 Å². The zero-order chi connectivity index (χ0) is 19.6. The van der Waals surface area contributed by atoms with Gasteiger partial charge in [0.1, 0.15) is 23.8 Å². The van der Waals surface area contributed by atoms with Crippen molar-refractivity contribution in [3.05, 3.63) is 55.1 Å². The Kier molecular flexibility index (Phi) is 4.55. The average Bonchev–Trinajstić information content (AvgIpc) is 3.55. The molecule has 0 N–H and O–H groups in total. The van der Waals surface area contributed by atoms with Crippen molar-refractivity contribution < 1.29 is 0 Å². The van der Waals surface area contributed by atoms with Gasteiger partial charge in [-0.15, -0.1) is 15.3 Å². The maximum atomic E-state index is 4.42. The quantitative estimate of drug-likeness (QED) is 0.518. The highest BCUT2D eigenvalue weighted by atomic mass is 15.4. The first-order valence-corrected chi connectivity index (χ1v) is 9.84. The predicted octanol–water partition coefficient (Wildman–Crippen LogP) is 3.11. The van der Waals surface area contributed by atoms with E-state index in [1.165, 1.54) is 25.7 Å². The van der Waals surface area contributed by atoms with E-state index in [-0.39, 0.29) is 6.04 Å². The fraction of sp³-hybridized carbons (Fsp3) is 0.350. The molecular formula is C20H21N9. The molecule has 0 bridgehead atoms. The van der Waals surface area contributed by atoms with Crippen molar-refractivity contribution in [2.24, 2.45) is 0 Å². The lowest BCUT2D eigenvalue weighted by atomic mass is 10.2. The Morgan fingerprint density at radius 3 is 2.59 bits per heavy atom. The van der Waals surface area contributed by atoms with Crippen LogP contribution in [0, 0.1) is 0 Å². The molecule has 9 heteroatoms. The molecule has 4 heterocycles. The van der Waals surface area contributed by atoms with Gasteiger partial charge in [-0.25, -0.2) is 14.6 Å². The molecule has 0 aliphatic heterocycles. The average molecular weight is 387 g/mol. The maximum Gasteiger partial charge on any atom is 0.178 e. The number of aromatic nitrogens is 9. The highest BCUT2D eigenvalue weighted by Crippen LogP contribution is 2.31.